The lowest BCUT2D eigenvalue weighted by Crippen LogP contribution is -2.23. The molecule has 0 saturated heterocycles. The van der Waals surface area contributed by atoms with Gasteiger partial charge >= 0.3 is 0 Å². The van der Waals surface area contributed by atoms with E-state index in [1.807, 2.05) is 24.3 Å². The Morgan fingerprint density at radius 3 is 2.34 bits per heavy atom. The summed E-state index contributed by atoms with van der Waals surface area (Å²) in [5, 5.41) is 31.4. The Morgan fingerprint density at radius 1 is 0.974 bits per heavy atom. The van der Waals surface area contributed by atoms with Crippen LogP contribution in [0.1, 0.15) is 42.2 Å². The SMILES string of the molecule is [CH]CCCCNCc1ccc(-c2c(C(=O)NCC)noc2-c2cc(-c3ccc(F)cc3)c(O)cc2O)cc1. The average Bonchev–Trinajstić information content (AvgIpc) is 3.35. The molecule has 4 N–H and O–H groups in total. The molecule has 0 unspecified atom stereocenters. The van der Waals surface area contributed by atoms with Gasteiger partial charge in [0.05, 0.1) is 11.1 Å². The zero-order chi connectivity index (χ0) is 27.1. The van der Waals surface area contributed by atoms with Crippen LogP contribution in [0.4, 0.5) is 4.39 Å². The Balaban J connectivity index is 1.74. The first-order valence-corrected chi connectivity index (χ1v) is 12.5. The number of halogens is 1. The Kier molecular flexibility index (Phi) is 8.76. The molecule has 0 spiro atoms. The van der Waals surface area contributed by atoms with Crippen molar-refractivity contribution in [3.63, 3.8) is 0 Å². The number of amides is 1. The van der Waals surface area contributed by atoms with Gasteiger partial charge in [0.15, 0.2) is 11.5 Å². The molecule has 0 saturated carbocycles. The normalized spacial score (nSPS) is 11.0. The van der Waals surface area contributed by atoms with Crippen LogP contribution in [0.3, 0.4) is 0 Å². The van der Waals surface area contributed by atoms with Crippen molar-refractivity contribution in [1.29, 1.82) is 0 Å². The maximum absolute atomic E-state index is 13.5. The van der Waals surface area contributed by atoms with Gasteiger partial charge < -0.3 is 25.4 Å². The van der Waals surface area contributed by atoms with Crippen LogP contribution in [0.25, 0.3) is 33.6 Å². The molecule has 0 atom stereocenters. The van der Waals surface area contributed by atoms with Gasteiger partial charge in [-0.15, -0.1) is 0 Å². The number of phenolic OH excluding ortho intramolecular Hbond substituents is 2. The van der Waals surface area contributed by atoms with E-state index in [2.05, 4.69) is 15.8 Å². The second kappa shape index (κ2) is 12.4. The number of carbonyl (C=O) groups is 1. The first-order valence-electron chi connectivity index (χ1n) is 12.5. The molecule has 0 aliphatic rings. The van der Waals surface area contributed by atoms with Gasteiger partial charge in [0.25, 0.3) is 5.91 Å². The van der Waals surface area contributed by atoms with Crippen molar-refractivity contribution in [2.45, 2.75) is 32.7 Å². The molecular formula is C30H30FN3O4. The quantitative estimate of drug-likeness (QED) is 0.184. The number of unbranched alkanes of at least 4 members (excludes halogenated alkanes) is 2. The van der Waals surface area contributed by atoms with Crippen molar-refractivity contribution < 1.29 is 23.9 Å². The fraction of sp³-hybridized carbons (Fsp3) is 0.233. The van der Waals surface area contributed by atoms with Crippen LogP contribution in [0.15, 0.2) is 65.2 Å². The van der Waals surface area contributed by atoms with Crippen molar-refractivity contribution in [3.05, 3.63) is 84.7 Å². The largest absolute Gasteiger partial charge is 0.507 e. The van der Waals surface area contributed by atoms with Crippen LogP contribution in [0, 0.1) is 12.7 Å². The molecule has 196 valence electrons. The standard InChI is InChI=1S/C30H30FN3O4/c1-3-5-6-15-32-18-19-7-9-21(10-8-19)27-28(30(37)33-4-2)34-38-29(27)24-16-23(25(35)17-26(24)36)20-11-13-22(31)14-12-20/h1,7-14,16-17,32,35-36H,3-6,15,18H2,2H3,(H,33,37). The van der Waals surface area contributed by atoms with Gasteiger partial charge in [-0.25, -0.2) is 4.39 Å². The smallest absolute Gasteiger partial charge is 0.274 e. The van der Waals surface area contributed by atoms with Crippen LogP contribution in [0.5, 0.6) is 11.5 Å². The van der Waals surface area contributed by atoms with Crippen molar-refractivity contribution in [2.75, 3.05) is 13.1 Å². The number of hydrogen-bond acceptors (Lipinski definition) is 6. The van der Waals surface area contributed by atoms with Crippen molar-refractivity contribution >= 4 is 5.91 Å². The first kappa shape index (κ1) is 26.9. The van der Waals surface area contributed by atoms with E-state index in [-0.39, 0.29) is 28.5 Å². The Bertz CT molecular complexity index is 1380. The minimum absolute atomic E-state index is 0.0744. The van der Waals surface area contributed by atoms with Crippen LogP contribution >= 0.6 is 0 Å². The third kappa shape index (κ3) is 6.03. The fourth-order valence-electron chi connectivity index (χ4n) is 4.18. The number of carbonyl (C=O) groups excluding carboxylic acids is 1. The van der Waals surface area contributed by atoms with Gasteiger partial charge in [-0.1, -0.05) is 48.0 Å². The molecule has 1 amide bonds. The number of phenols is 2. The molecule has 7 nitrogen and oxygen atoms in total. The number of aromatic nitrogens is 1. The molecular weight excluding hydrogens is 485 g/mol. The summed E-state index contributed by atoms with van der Waals surface area (Å²) < 4.78 is 19.1. The molecule has 0 aliphatic heterocycles. The minimum atomic E-state index is -0.417. The summed E-state index contributed by atoms with van der Waals surface area (Å²) in [4.78, 5) is 12.8. The summed E-state index contributed by atoms with van der Waals surface area (Å²) in [6.45, 7) is 9.29. The molecule has 8 heteroatoms. The van der Waals surface area contributed by atoms with Gasteiger partial charge in [-0.2, -0.15) is 0 Å². The summed E-state index contributed by atoms with van der Waals surface area (Å²) in [5.41, 5.74) is 3.34. The summed E-state index contributed by atoms with van der Waals surface area (Å²) in [6.07, 6.45) is 2.65. The third-order valence-corrected chi connectivity index (χ3v) is 6.14. The molecule has 1 aromatic heterocycles. The van der Waals surface area contributed by atoms with Crippen molar-refractivity contribution in [1.82, 2.24) is 15.8 Å². The summed E-state index contributed by atoms with van der Waals surface area (Å²) >= 11 is 0. The minimum Gasteiger partial charge on any atom is -0.507 e. The molecule has 0 fully saturated rings. The van der Waals surface area contributed by atoms with Crippen molar-refractivity contribution in [2.24, 2.45) is 0 Å². The summed E-state index contributed by atoms with van der Waals surface area (Å²) in [7, 11) is 0. The van der Waals surface area contributed by atoms with Crippen LogP contribution in [-0.4, -0.2) is 34.4 Å². The average molecular weight is 516 g/mol. The zero-order valence-corrected chi connectivity index (χ0v) is 21.1. The maximum Gasteiger partial charge on any atom is 0.274 e. The number of nitrogens with one attached hydrogen (secondary N) is 2. The zero-order valence-electron chi connectivity index (χ0n) is 21.1. The van der Waals surface area contributed by atoms with E-state index in [0.717, 1.165) is 24.9 Å². The second-order valence-corrected chi connectivity index (χ2v) is 8.86. The molecule has 4 rings (SSSR count). The lowest BCUT2D eigenvalue weighted by atomic mass is 9.95. The summed E-state index contributed by atoms with van der Waals surface area (Å²) in [5.74, 6) is -1.11. The van der Waals surface area contributed by atoms with E-state index >= 15 is 0 Å². The van der Waals surface area contributed by atoms with Gasteiger partial charge in [-0.3, -0.25) is 4.79 Å². The van der Waals surface area contributed by atoms with E-state index in [1.54, 1.807) is 6.92 Å². The molecule has 2 radical (unpaired) electrons. The molecule has 1 heterocycles. The highest BCUT2D eigenvalue weighted by Crippen LogP contribution is 2.44. The topological polar surface area (TPSA) is 108 Å². The van der Waals surface area contributed by atoms with E-state index < -0.39 is 11.7 Å². The highest BCUT2D eigenvalue weighted by atomic mass is 19.1. The number of benzene rings is 3. The lowest BCUT2D eigenvalue weighted by molar-refractivity contribution is 0.0947. The second-order valence-electron chi connectivity index (χ2n) is 8.86. The maximum atomic E-state index is 13.5. The van der Waals surface area contributed by atoms with Gasteiger partial charge in [-0.05, 0) is 68.1 Å². The molecule has 0 bridgehead atoms. The fourth-order valence-corrected chi connectivity index (χ4v) is 4.18. The number of hydrogen-bond donors (Lipinski definition) is 4. The first-order chi connectivity index (χ1) is 18.4. The molecule has 3 aromatic carbocycles. The van der Waals surface area contributed by atoms with Crippen LogP contribution in [-0.2, 0) is 6.54 Å². The Labute approximate surface area is 221 Å². The highest BCUT2D eigenvalue weighted by molar-refractivity contribution is 6.03. The van der Waals surface area contributed by atoms with Gasteiger partial charge in [0.1, 0.15) is 17.3 Å². The number of nitrogens with zero attached hydrogens (tertiary/aromatic N) is 1. The Morgan fingerprint density at radius 2 is 1.66 bits per heavy atom. The molecule has 0 aliphatic carbocycles. The lowest BCUT2D eigenvalue weighted by Gasteiger charge is -2.11. The van der Waals surface area contributed by atoms with E-state index in [0.29, 0.717) is 41.8 Å². The monoisotopic (exact) mass is 515 g/mol. The van der Waals surface area contributed by atoms with E-state index in [4.69, 9.17) is 11.4 Å². The van der Waals surface area contributed by atoms with Crippen LogP contribution < -0.4 is 10.6 Å². The predicted molar refractivity (Wildman–Crippen MR) is 144 cm³/mol. The third-order valence-electron chi connectivity index (χ3n) is 6.14. The number of aromatic hydroxyl groups is 2. The Hall–Kier alpha value is -4.17. The predicted octanol–water partition coefficient (Wildman–Crippen LogP) is 5.95. The number of rotatable bonds is 11. The summed E-state index contributed by atoms with van der Waals surface area (Å²) in [6, 6.07) is 16.0. The van der Waals surface area contributed by atoms with Crippen molar-refractivity contribution in [3.8, 4) is 45.1 Å². The van der Waals surface area contributed by atoms with E-state index in [9.17, 15) is 19.4 Å². The molecule has 4 aromatic rings. The van der Waals surface area contributed by atoms with E-state index in [1.165, 1.54) is 36.4 Å². The van der Waals surface area contributed by atoms with Gasteiger partial charge in [0, 0.05) is 24.7 Å². The molecule has 38 heavy (non-hydrogen) atoms. The highest BCUT2D eigenvalue weighted by Gasteiger charge is 2.27. The van der Waals surface area contributed by atoms with Gasteiger partial charge in [0.2, 0.25) is 0 Å². The van der Waals surface area contributed by atoms with Crippen LogP contribution in [0.2, 0.25) is 0 Å².